The molecule has 0 spiro atoms. The van der Waals surface area contributed by atoms with E-state index in [1.807, 2.05) is 13.8 Å². The summed E-state index contributed by atoms with van der Waals surface area (Å²) in [4.78, 5) is 40.2. The van der Waals surface area contributed by atoms with Crippen LogP contribution in [-0.4, -0.2) is 92.4 Å². The first-order chi connectivity index (χ1) is 12.7. The van der Waals surface area contributed by atoms with E-state index in [0.29, 0.717) is 25.9 Å². The number of esters is 1. The molecule has 154 valence electrons. The Morgan fingerprint density at radius 1 is 1.41 bits per heavy atom. The molecule has 0 aromatic rings. The summed E-state index contributed by atoms with van der Waals surface area (Å²) in [5, 5.41) is 2.70. The Hall–Kier alpha value is -1.68. The van der Waals surface area contributed by atoms with Gasteiger partial charge < -0.3 is 15.0 Å². The molecule has 2 rings (SSSR count). The van der Waals surface area contributed by atoms with E-state index in [9.17, 15) is 22.8 Å². The highest BCUT2D eigenvalue weighted by molar-refractivity contribution is 7.91. The fourth-order valence-electron chi connectivity index (χ4n) is 3.67. The van der Waals surface area contributed by atoms with Gasteiger partial charge in [0.15, 0.2) is 9.84 Å². The summed E-state index contributed by atoms with van der Waals surface area (Å²) in [6, 6.07) is -1.20. The van der Waals surface area contributed by atoms with Gasteiger partial charge in [0.2, 0.25) is 11.8 Å². The van der Waals surface area contributed by atoms with Crippen LogP contribution in [0.15, 0.2) is 0 Å². The third-order valence-electron chi connectivity index (χ3n) is 5.32. The van der Waals surface area contributed by atoms with Gasteiger partial charge in [-0.3, -0.25) is 19.3 Å². The zero-order valence-corrected chi connectivity index (χ0v) is 17.0. The number of ether oxygens (including phenoxy) is 1. The highest BCUT2D eigenvalue weighted by Gasteiger charge is 2.39. The highest BCUT2D eigenvalue weighted by atomic mass is 32.2. The van der Waals surface area contributed by atoms with Crippen LogP contribution in [0.2, 0.25) is 0 Å². The standard InChI is InChI=1S/C17H29N3O6S/c1-4-12(2)20(13-5-8-27(24,25)11-13)15(21)10-19-7-6-18-17(23)14(19)9-16(22)26-3/h12-14H,4-11H2,1-3H3,(H,18,23). The van der Waals surface area contributed by atoms with Crippen molar-refractivity contribution in [2.45, 2.75) is 51.2 Å². The van der Waals surface area contributed by atoms with E-state index in [0.717, 1.165) is 0 Å². The van der Waals surface area contributed by atoms with Gasteiger partial charge in [-0.1, -0.05) is 6.92 Å². The summed E-state index contributed by atoms with van der Waals surface area (Å²) in [6.07, 6.45) is 1.01. The normalized spacial score (nSPS) is 26.3. The predicted octanol–water partition coefficient (Wildman–Crippen LogP) is -0.836. The fourth-order valence-corrected chi connectivity index (χ4v) is 5.38. The molecule has 2 aliphatic rings. The topological polar surface area (TPSA) is 113 Å². The minimum Gasteiger partial charge on any atom is -0.469 e. The van der Waals surface area contributed by atoms with E-state index in [1.54, 1.807) is 9.80 Å². The average molecular weight is 404 g/mol. The van der Waals surface area contributed by atoms with Crippen LogP contribution in [-0.2, 0) is 29.0 Å². The van der Waals surface area contributed by atoms with E-state index in [2.05, 4.69) is 10.1 Å². The first-order valence-corrected chi connectivity index (χ1v) is 11.1. The van der Waals surface area contributed by atoms with Crippen molar-refractivity contribution in [1.29, 1.82) is 0 Å². The van der Waals surface area contributed by atoms with Crippen molar-refractivity contribution in [2.75, 3.05) is 38.2 Å². The molecule has 0 bridgehead atoms. The van der Waals surface area contributed by atoms with Gasteiger partial charge >= 0.3 is 5.97 Å². The highest BCUT2D eigenvalue weighted by Crippen LogP contribution is 2.22. The number of carbonyl (C=O) groups is 3. The molecule has 0 aromatic heterocycles. The number of carbonyl (C=O) groups excluding carboxylic acids is 3. The van der Waals surface area contributed by atoms with Gasteiger partial charge in [-0.2, -0.15) is 0 Å². The number of sulfone groups is 1. The molecular weight excluding hydrogens is 374 g/mol. The van der Waals surface area contributed by atoms with Gasteiger partial charge in [0.05, 0.1) is 31.6 Å². The maximum Gasteiger partial charge on any atom is 0.307 e. The number of methoxy groups -OCH3 is 1. The summed E-state index contributed by atoms with van der Waals surface area (Å²) in [6.45, 7) is 4.65. The molecule has 0 saturated carbocycles. The van der Waals surface area contributed by atoms with Gasteiger partial charge in [-0.05, 0) is 19.8 Å². The first kappa shape index (κ1) is 21.6. The van der Waals surface area contributed by atoms with E-state index in [4.69, 9.17) is 0 Å². The second-order valence-electron chi connectivity index (χ2n) is 7.17. The van der Waals surface area contributed by atoms with Crippen molar-refractivity contribution in [2.24, 2.45) is 0 Å². The lowest BCUT2D eigenvalue weighted by Crippen LogP contribution is -2.59. The van der Waals surface area contributed by atoms with E-state index < -0.39 is 21.8 Å². The van der Waals surface area contributed by atoms with Crippen LogP contribution in [0.25, 0.3) is 0 Å². The molecule has 9 nitrogen and oxygen atoms in total. The molecule has 2 saturated heterocycles. The van der Waals surface area contributed by atoms with Crippen LogP contribution >= 0.6 is 0 Å². The van der Waals surface area contributed by atoms with Crippen LogP contribution in [0, 0.1) is 0 Å². The quantitative estimate of drug-likeness (QED) is 0.552. The lowest BCUT2D eigenvalue weighted by molar-refractivity contribution is -0.148. The van der Waals surface area contributed by atoms with Crippen LogP contribution in [0.5, 0.6) is 0 Å². The van der Waals surface area contributed by atoms with E-state index in [-0.39, 0.29) is 48.4 Å². The Morgan fingerprint density at radius 2 is 2.11 bits per heavy atom. The van der Waals surface area contributed by atoms with Crippen LogP contribution in [0.3, 0.4) is 0 Å². The van der Waals surface area contributed by atoms with Crippen LogP contribution in [0.4, 0.5) is 0 Å². The minimum absolute atomic E-state index is 0.0187. The smallest absolute Gasteiger partial charge is 0.307 e. The molecule has 10 heteroatoms. The lowest BCUT2D eigenvalue weighted by atomic mass is 10.1. The van der Waals surface area contributed by atoms with Crippen molar-refractivity contribution in [3.63, 3.8) is 0 Å². The molecule has 3 atom stereocenters. The van der Waals surface area contributed by atoms with Gasteiger partial charge in [-0.25, -0.2) is 8.42 Å². The summed E-state index contributed by atoms with van der Waals surface area (Å²) in [5.41, 5.74) is 0. The molecule has 2 aliphatic heterocycles. The van der Waals surface area contributed by atoms with Gasteiger partial charge in [-0.15, -0.1) is 0 Å². The van der Waals surface area contributed by atoms with Gasteiger partial charge in [0, 0.05) is 25.2 Å². The van der Waals surface area contributed by atoms with E-state index >= 15 is 0 Å². The SMILES string of the molecule is CCC(C)N(C(=O)CN1CCNC(=O)C1CC(=O)OC)C1CCS(=O)(=O)C1. The van der Waals surface area contributed by atoms with Crippen molar-refractivity contribution in [1.82, 2.24) is 15.1 Å². The Labute approximate surface area is 160 Å². The van der Waals surface area contributed by atoms with Gasteiger partial charge in [0.25, 0.3) is 0 Å². The third-order valence-corrected chi connectivity index (χ3v) is 7.07. The molecule has 2 amide bonds. The Balaban J connectivity index is 2.14. The average Bonchev–Trinajstić information content (AvgIpc) is 2.97. The molecule has 2 fully saturated rings. The zero-order valence-electron chi connectivity index (χ0n) is 16.1. The number of hydrogen-bond acceptors (Lipinski definition) is 7. The zero-order chi connectivity index (χ0) is 20.2. The Kier molecular flexibility index (Phi) is 7.21. The number of nitrogens with zero attached hydrogens (tertiary/aromatic N) is 2. The number of piperazine rings is 1. The largest absolute Gasteiger partial charge is 0.469 e. The maximum absolute atomic E-state index is 13.1. The molecular formula is C17H29N3O6S. The lowest BCUT2D eigenvalue weighted by Gasteiger charge is -2.38. The number of hydrogen-bond donors (Lipinski definition) is 1. The summed E-state index contributed by atoms with van der Waals surface area (Å²) >= 11 is 0. The van der Waals surface area contributed by atoms with Crippen LogP contribution in [0.1, 0.15) is 33.1 Å². The van der Waals surface area contributed by atoms with Crippen molar-refractivity contribution in [3.05, 3.63) is 0 Å². The number of nitrogens with one attached hydrogen (secondary N) is 1. The number of rotatable bonds is 7. The third kappa shape index (κ3) is 5.41. The fraction of sp³-hybridized carbons (Fsp3) is 0.824. The van der Waals surface area contributed by atoms with Crippen molar-refractivity contribution < 1.29 is 27.5 Å². The van der Waals surface area contributed by atoms with E-state index in [1.165, 1.54) is 7.11 Å². The van der Waals surface area contributed by atoms with Gasteiger partial charge in [0.1, 0.15) is 6.04 Å². The molecule has 27 heavy (non-hydrogen) atoms. The molecule has 2 heterocycles. The molecule has 0 radical (unpaired) electrons. The number of amides is 2. The Morgan fingerprint density at radius 3 is 2.67 bits per heavy atom. The second kappa shape index (κ2) is 9.01. The summed E-state index contributed by atoms with van der Waals surface area (Å²) in [7, 11) is -1.87. The predicted molar refractivity (Wildman–Crippen MR) is 98.7 cm³/mol. The minimum atomic E-state index is -3.12. The molecule has 3 unspecified atom stereocenters. The molecule has 0 aromatic carbocycles. The summed E-state index contributed by atoms with van der Waals surface area (Å²) < 4.78 is 28.4. The second-order valence-corrected chi connectivity index (χ2v) is 9.40. The monoisotopic (exact) mass is 403 g/mol. The Bertz CT molecular complexity index is 680. The van der Waals surface area contributed by atoms with Crippen LogP contribution < -0.4 is 5.32 Å². The van der Waals surface area contributed by atoms with Crippen molar-refractivity contribution in [3.8, 4) is 0 Å². The maximum atomic E-state index is 13.1. The van der Waals surface area contributed by atoms with Crippen molar-refractivity contribution >= 4 is 27.6 Å². The summed E-state index contributed by atoms with van der Waals surface area (Å²) in [5.74, 6) is -0.964. The molecule has 0 aliphatic carbocycles. The molecule has 1 N–H and O–H groups in total. The first-order valence-electron chi connectivity index (χ1n) is 9.28.